The van der Waals surface area contributed by atoms with Gasteiger partial charge in [0.15, 0.2) is 0 Å². The van der Waals surface area contributed by atoms with Crippen LogP contribution in [0.25, 0.3) is 5.69 Å². The van der Waals surface area contributed by atoms with Crippen LogP contribution < -0.4 is 0 Å². The Balaban J connectivity index is 2.45. The molecule has 0 amide bonds. The minimum Gasteiger partial charge on any atom is -0.241 e. The van der Waals surface area contributed by atoms with Crippen LogP contribution in [-0.2, 0) is 16.4 Å². The second-order valence-electron chi connectivity index (χ2n) is 4.55. The second kappa shape index (κ2) is 5.55. The number of benzene rings is 1. The van der Waals surface area contributed by atoms with Crippen molar-refractivity contribution in [2.24, 2.45) is 0 Å². The lowest BCUT2D eigenvalue weighted by molar-refractivity contribution is 0.521. The van der Waals surface area contributed by atoms with E-state index >= 15 is 0 Å². The molecular formula is C13H16ClN3O2S. The largest absolute Gasteiger partial charge is 0.244 e. The molecule has 0 aliphatic heterocycles. The van der Waals surface area contributed by atoms with Crippen LogP contribution in [0.2, 0.25) is 5.02 Å². The summed E-state index contributed by atoms with van der Waals surface area (Å²) in [7, 11) is -0.589. The van der Waals surface area contributed by atoms with Crippen LogP contribution >= 0.6 is 11.6 Å². The molecule has 0 bridgehead atoms. The SMILES string of the molecule is CCc1cnn(-c2ccc(S(=O)(=O)N(C)C)c(Cl)c2)c1. The molecule has 0 unspecified atom stereocenters. The number of aromatic nitrogens is 2. The first-order chi connectivity index (χ1) is 9.36. The van der Waals surface area contributed by atoms with Gasteiger partial charge in [0.25, 0.3) is 0 Å². The van der Waals surface area contributed by atoms with Gasteiger partial charge in [0.2, 0.25) is 10.0 Å². The van der Waals surface area contributed by atoms with Gasteiger partial charge in [-0.25, -0.2) is 17.4 Å². The Hall–Kier alpha value is -1.37. The van der Waals surface area contributed by atoms with Gasteiger partial charge in [-0.2, -0.15) is 5.10 Å². The summed E-state index contributed by atoms with van der Waals surface area (Å²) in [6, 6.07) is 4.79. The molecule has 0 N–H and O–H groups in total. The van der Waals surface area contributed by atoms with Crippen LogP contribution in [0.1, 0.15) is 12.5 Å². The van der Waals surface area contributed by atoms with Gasteiger partial charge < -0.3 is 0 Å². The van der Waals surface area contributed by atoms with Gasteiger partial charge in [0.05, 0.1) is 16.9 Å². The topological polar surface area (TPSA) is 55.2 Å². The molecule has 0 fully saturated rings. The molecule has 108 valence electrons. The first kappa shape index (κ1) is 15.0. The summed E-state index contributed by atoms with van der Waals surface area (Å²) >= 11 is 6.10. The van der Waals surface area contributed by atoms with Gasteiger partial charge in [-0.1, -0.05) is 18.5 Å². The lowest BCUT2D eigenvalue weighted by Gasteiger charge is -2.13. The van der Waals surface area contributed by atoms with Crippen molar-refractivity contribution in [3.63, 3.8) is 0 Å². The van der Waals surface area contributed by atoms with E-state index in [2.05, 4.69) is 5.10 Å². The average molecular weight is 314 g/mol. The van der Waals surface area contributed by atoms with E-state index in [1.54, 1.807) is 23.0 Å². The van der Waals surface area contributed by atoms with Gasteiger partial charge in [-0.15, -0.1) is 0 Å². The molecule has 0 radical (unpaired) electrons. The molecule has 7 heteroatoms. The number of sulfonamides is 1. The molecule has 0 atom stereocenters. The fourth-order valence-corrected chi connectivity index (χ4v) is 3.13. The van der Waals surface area contributed by atoms with Crippen LogP contribution in [0, 0.1) is 0 Å². The van der Waals surface area contributed by atoms with E-state index in [4.69, 9.17) is 11.6 Å². The van der Waals surface area contributed by atoms with Crippen molar-refractivity contribution in [1.82, 2.24) is 14.1 Å². The van der Waals surface area contributed by atoms with Crippen molar-refractivity contribution >= 4 is 21.6 Å². The summed E-state index contributed by atoms with van der Waals surface area (Å²) in [5, 5.41) is 4.41. The van der Waals surface area contributed by atoms with Crippen molar-refractivity contribution in [3.8, 4) is 5.69 Å². The van der Waals surface area contributed by atoms with E-state index in [9.17, 15) is 8.42 Å². The maximum Gasteiger partial charge on any atom is 0.244 e. The normalized spacial score (nSPS) is 12.1. The molecule has 20 heavy (non-hydrogen) atoms. The molecule has 1 aromatic carbocycles. The summed E-state index contributed by atoms with van der Waals surface area (Å²) in [5.41, 5.74) is 1.83. The monoisotopic (exact) mass is 313 g/mol. The third-order valence-electron chi connectivity index (χ3n) is 2.98. The van der Waals surface area contributed by atoms with Gasteiger partial charge in [0.1, 0.15) is 4.90 Å². The average Bonchev–Trinajstić information content (AvgIpc) is 2.86. The molecule has 5 nitrogen and oxygen atoms in total. The smallest absolute Gasteiger partial charge is 0.241 e. The van der Waals surface area contributed by atoms with E-state index in [0.717, 1.165) is 22.0 Å². The Kier molecular flexibility index (Phi) is 4.17. The summed E-state index contributed by atoms with van der Waals surface area (Å²) in [4.78, 5) is 0.0933. The quantitative estimate of drug-likeness (QED) is 0.870. The highest BCUT2D eigenvalue weighted by Crippen LogP contribution is 2.26. The Morgan fingerprint density at radius 2 is 2.05 bits per heavy atom. The Morgan fingerprint density at radius 3 is 2.55 bits per heavy atom. The van der Waals surface area contributed by atoms with E-state index in [1.165, 1.54) is 20.2 Å². The number of rotatable bonds is 4. The van der Waals surface area contributed by atoms with Crippen molar-refractivity contribution in [2.75, 3.05) is 14.1 Å². The molecule has 0 spiro atoms. The summed E-state index contributed by atoms with van der Waals surface area (Å²) < 4.78 is 27.0. The van der Waals surface area contributed by atoms with E-state index in [-0.39, 0.29) is 9.92 Å². The highest BCUT2D eigenvalue weighted by atomic mass is 35.5. The van der Waals surface area contributed by atoms with Crippen molar-refractivity contribution < 1.29 is 8.42 Å². The van der Waals surface area contributed by atoms with E-state index < -0.39 is 10.0 Å². The first-order valence-corrected chi connectivity index (χ1v) is 7.94. The van der Waals surface area contributed by atoms with E-state index in [0.29, 0.717) is 0 Å². The molecule has 0 saturated heterocycles. The van der Waals surface area contributed by atoms with Gasteiger partial charge >= 0.3 is 0 Å². The zero-order chi connectivity index (χ0) is 14.9. The number of halogens is 1. The third-order valence-corrected chi connectivity index (χ3v) is 5.28. The van der Waals surface area contributed by atoms with Gasteiger partial charge in [0, 0.05) is 20.3 Å². The Bertz CT molecular complexity index is 723. The standard InChI is InChI=1S/C13H16ClN3O2S/c1-4-10-8-15-17(9-10)11-5-6-13(12(14)7-11)20(18,19)16(2)3/h5-9H,4H2,1-3H3. The number of hydrogen-bond donors (Lipinski definition) is 0. The van der Waals surface area contributed by atoms with Crippen LogP contribution in [-0.4, -0.2) is 36.6 Å². The van der Waals surface area contributed by atoms with Crippen LogP contribution in [0.4, 0.5) is 0 Å². The minimum atomic E-state index is -3.53. The van der Waals surface area contributed by atoms with Crippen LogP contribution in [0.5, 0.6) is 0 Å². The maximum atomic E-state index is 12.1. The highest BCUT2D eigenvalue weighted by molar-refractivity contribution is 7.89. The van der Waals surface area contributed by atoms with Crippen molar-refractivity contribution in [1.29, 1.82) is 0 Å². The molecule has 0 aliphatic rings. The first-order valence-electron chi connectivity index (χ1n) is 6.12. The number of aryl methyl sites for hydroxylation is 1. The molecule has 1 aromatic heterocycles. The maximum absolute atomic E-state index is 12.1. The predicted molar refractivity (Wildman–Crippen MR) is 78.8 cm³/mol. The number of hydrogen-bond acceptors (Lipinski definition) is 3. The van der Waals surface area contributed by atoms with Crippen LogP contribution in [0.15, 0.2) is 35.5 Å². The van der Waals surface area contributed by atoms with Crippen molar-refractivity contribution in [3.05, 3.63) is 41.2 Å². The van der Waals surface area contributed by atoms with Crippen molar-refractivity contribution in [2.45, 2.75) is 18.2 Å². The molecule has 0 saturated carbocycles. The Labute approximate surface area is 123 Å². The zero-order valence-corrected chi connectivity index (χ0v) is 13.1. The lowest BCUT2D eigenvalue weighted by Crippen LogP contribution is -2.22. The highest BCUT2D eigenvalue weighted by Gasteiger charge is 2.21. The lowest BCUT2D eigenvalue weighted by atomic mass is 10.3. The van der Waals surface area contributed by atoms with Gasteiger partial charge in [-0.05, 0) is 30.2 Å². The Morgan fingerprint density at radius 1 is 1.35 bits per heavy atom. The molecule has 0 aliphatic carbocycles. The fraction of sp³-hybridized carbons (Fsp3) is 0.308. The number of nitrogens with zero attached hydrogens (tertiary/aromatic N) is 3. The molecule has 2 rings (SSSR count). The summed E-state index contributed by atoms with van der Waals surface area (Å²) in [6.45, 7) is 2.04. The summed E-state index contributed by atoms with van der Waals surface area (Å²) in [6.07, 6.45) is 4.56. The molecular weight excluding hydrogens is 298 g/mol. The zero-order valence-electron chi connectivity index (χ0n) is 11.5. The summed E-state index contributed by atoms with van der Waals surface area (Å²) in [5.74, 6) is 0. The van der Waals surface area contributed by atoms with Gasteiger partial charge in [-0.3, -0.25) is 0 Å². The van der Waals surface area contributed by atoms with E-state index in [1.807, 2.05) is 13.1 Å². The fourth-order valence-electron chi connectivity index (χ4n) is 1.72. The second-order valence-corrected chi connectivity index (χ2v) is 7.08. The minimum absolute atomic E-state index is 0.0933. The third kappa shape index (κ3) is 2.72. The molecule has 1 heterocycles. The molecule has 2 aromatic rings. The van der Waals surface area contributed by atoms with Crippen LogP contribution in [0.3, 0.4) is 0 Å². The predicted octanol–water partition coefficient (Wildman–Crippen LogP) is 2.34.